The predicted octanol–water partition coefficient (Wildman–Crippen LogP) is 2.42. The second kappa shape index (κ2) is 5.12. The molecule has 1 aromatic heterocycles. The number of aromatic nitrogens is 4. The second-order valence-corrected chi connectivity index (χ2v) is 4.32. The fourth-order valence-electron chi connectivity index (χ4n) is 1.89. The van der Waals surface area contributed by atoms with Crippen LogP contribution < -0.4 is 5.73 Å². The summed E-state index contributed by atoms with van der Waals surface area (Å²) in [6.45, 7) is 4.14. The van der Waals surface area contributed by atoms with E-state index in [1.807, 2.05) is 6.92 Å². The van der Waals surface area contributed by atoms with Gasteiger partial charge in [0.05, 0.1) is 11.7 Å². The summed E-state index contributed by atoms with van der Waals surface area (Å²) >= 11 is 0. The third-order valence-electron chi connectivity index (χ3n) is 2.88. The molecule has 0 aliphatic rings. The molecule has 1 unspecified atom stereocenters. The molecule has 2 rings (SSSR count). The summed E-state index contributed by atoms with van der Waals surface area (Å²) in [5.74, 6) is 0.111. The number of nitrogens with zero attached hydrogens (tertiary/aromatic N) is 4. The third kappa shape index (κ3) is 2.32. The van der Waals surface area contributed by atoms with Crippen LogP contribution in [0.3, 0.4) is 0 Å². The van der Waals surface area contributed by atoms with E-state index in [2.05, 4.69) is 22.4 Å². The van der Waals surface area contributed by atoms with Gasteiger partial charge >= 0.3 is 0 Å². The standard InChI is InChI=1S/C12H16FN5/c1-3-4-8(2)18-12(15-16-17-18)9-5-6-11(14)10(13)7-9/h5-8H,3-4,14H2,1-2H3. The van der Waals surface area contributed by atoms with Gasteiger partial charge < -0.3 is 5.73 Å². The van der Waals surface area contributed by atoms with Gasteiger partial charge in [0.1, 0.15) is 5.82 Å². The number of halogens is 1. The Bertz CT molecular complexity index is 537. The van der Waals surface area contributed by atoms with Crippen LogP contribution in [-0.2, 0) is 0 Å². The Morgan fingerprint density at radius 3 is 2.89 bits per heavy atom. The average molecular weight is 249 g/mol. The van der Waals surface area contributed by atoms with Crippen molar-refractivity contribution in [3.05, 3.63) is 24.0 Å². The van der Waals surface area contributed by atoms with Gasteiger partial charge in [0.2, 0.25) is 0 Å². The second-order valence-electron chi connectivity index (χ2n) is 4.32. The number of hydrogen-bond acceptors (Lipinski definition) is 4. The molecule has 1 aromatic carbocycles. The molecule has 18 heavy (non-hydrogen) atoms. The Labute approximate surface area is 105 Å². The first-order valence-electron chi connectivity index (χ1n) is 5.96. The van der Waals surface area contributed by atoms with Crippen molar-refractivity contribution in [2.45, 2.75) is 32.7 Å². The number of anilines is 1. The van der Waals surface area contributed by atoms with E-state index in [9.17, 15) is 4.39 Å². The summed E-state index contributed by atoms with van der Waals surface area (Å²) < 4.78 is 15.2. The maximum Gasteiger partial charge on any atom is 0.182 e. The minimum Gasteiger partial charge on any atom is -0.396 e. The molecule has 6 heteroatoms. The van der Waals surface area contributed by atoms with E-state index in [-0.39, 0.29) is 11.7 Å². The van der Waals surface area contributed by atoms with Crippen molar-refractivity contribution in [2.24, 2.45) is 0 Å². The van der Waals surface area contributed by atoms with Gasteiger partial charge in [-0.25, -0.2) is 9.07 Å². The lowest BCUT2D eigenvalue weighted by Crippen LogP contribution is -2.09. The number of rotatable bonds is 4. The molecule has 0 saturated heterocycles. The predicted molar refractivity (Wildman–Crippen MR) is 67.2 cm³/mol. The summed E-state index contributed by atoms with van der Waals surface area (Å²) in [6, 6.07) is 4.78. The highest BCUT2D eigenvalue weighted by Gasteiger charge is 2.14. The molecular weight excluding hydrogens is 233 g/mol. The van der Waals surface area contributed by atoms with Crippen LogP contribution in [-0.4, -0.2) is 20.2 Å². The van der Waals surface area contributed by atoms with Crippen molar-refractivity contribution in [1.82, 2.24) is 20.2 Å². The molecule has 1 atom stereocenters. The summed E-state index contributed by atoms with van der Waals surface area (Å²) in [5, 5.41) is 11.6. The van der Waals surface area contributed by atoms with Crippen LogP contribution in [0.2, 0.25) is 0 Å². The van der Waals surface area contributed by atoms with Gasteiger partial charge in [-0.2, -0.15) is 0 Å². The van der Waals surface area contributed by atoms with Crippen molar-refractivity contribution in [3.8, 4) is 11.4 Å². The number of nitrogens with two attached hydrogens (primary N) is 1. The number of nitrogen functional groups attached to an aromatic ring is 1. The molecule has 0 aliphatic heterocycles. The normalized spacial score (nSPS) is 12.6. The topological polar surface area (TPSA) is 69.6 Å². The average Bonchev–Trinajstić information content (AvgIpc) is 2.82. The highest BCUT2D eigenvalue weighted by molar-refractivity contribution is 5.59. The van der Waals surface area contributed by atoms with Gasteiger partial charge in [0.25, 0.3) is 0 Å². The molecule has 2 aromatic rings. The summed E-state index contributed by atoms with van der Waals surface area (Å²) in [4.78, 5) is 0. The van der Waals surface area contributed by atoms with E-state index in [1.165, 1.54) is 12.1 Å². The van der Waals surface area contributed by atoms with E-state index in [4.69, 9.17) is 5.73 Å². The fourth-order valence-corrected chi connectivity index (χ4v) is 1.89. The van der Waals surface area contributed by atoms with Gasteiger partial charge in [-0.1, -0.05) is 13.3 Å². The molecular formula is C12H16FN5. The van der Waals surface area contributed by atoms with Crippen LogP contribution in [0.4, 0.5) is 10.1 Å². The van der Waals surface area contributed by atoms with E-state index < -0.39 is 5.82 Å². The van der Waals surface area contributed by atoms with Crippen LogP contribution in [0.5, 0.6) is 0 Å². The highest BCUT2D eigenvalue weighted by atomic mass is 19.1. The van der Waals surface area contributed by atoms with Crippen LogP contribution >= 0.6 is 0 Å². The molecule has 0 saturated carbocycles. The summed E-state index contributed by atoms with van der Waals surface area (Å²) in [5.41, 5.74) is 6.21. The molecule has 0 bridgehead atoms. The van der Waals surface area contributed by atoms with Crippen LogP contribution in [0.1, 0.15) is 32.7 Å². The Hall–Kier alpha value is -1.98. The lowest BCUT2D eigenvalue weighted by molar-refractivity contribution is 0.447. The molecule has 0 amide bonds. The number of tetrazole rings is 1. The molecule has 0 aliphatic carbocycles. The Kier molecular flexibility index (Phi) is 3.55. The van der Waals surface area contributed by atoms with Crippen molar-refractivity contribution >= 4 is 5.69 Å². The van der Waals surface area contributed by atoms with Gasteiger partial charge in [-0.3, -0.25) is 0 Å². The van der Waals surface area contributed by atoms with E-state index in [0.717, 1.165) is 12.8 Å². The first-order chi connectivity index (χ1) is 8.63. The maximum absolute atomic E-state index is 13.4. The van der Waals surface area contributed by atoms with E-state index in [0.29, 0.717) is 11.4 Å². The van der Waals surface area contributed by atoms with Crippen molar-refractivity contribution in [3.63, 3.8) is 0 Å². The Morgan fingerprint density at radius 2 is 2.22 bits per heavy atom. The molecule has 1 heterocycles. The number of hydrogen-bond donors (Lipinski definition) is 1. The zero-order valence-electron chi connectivity index (χ0n) is 10.5. The summed E-state index contributed by atoms with van der Waals surface area (Å²) in [6.07, 6.45) is 2.01. The smallest absolute Gasteiger partial charge is 0.182 e. The lowest BCUT2D eigenvalue weighted by atomic mass is 10.1. The van der Waals surface area contributed by atoms with Crippen molar-refractivity contribution in [2.75, 3.05) is 5.73 Å². The summed E-state index contributed by atoms with van der Waals surface area (Å²) in [7, 11) is 0. The van der Waals surface area contributed by atoms with Crippen LogP contribution in [0, 0.1) is 5.82 Å². The zero-order valence-corrected chi connectivity index (χ0v) is 10.5. The van der Waals surface area contributed by atoms with Crippen molar-refractivity contribution < 1.29 is 4.39 Å². The van der Waals surface area contributed by atoms with Crippen LogP contribution in [0.15, 0.2) is 18.2 Å². The molecule has 0 fully saturated rings. The molecule has 0 spiro atoms. The third-order valence-corrected chi connectivity index (χ3v) is 2.88. The van der Waals surface area contributed by atoms with E-state index >= 15 is 0 Å². The van der Waals surface area contributed by atoms with Gasteiger partial charge in [-0.05, 0) is 42.0 Å². The minimum absolute atomic E-state index is 0.124. The van der Waals surface area contributed by atoms with Gasteiger partial charge in [-0.15, -0.1) is 5.10 Å². The first-order valence-corrected chi connectivity index (χ1v) is 5.96. The van der Waals surface area contributed by atoms with Gasteiger partial charge in [0.15, 0.2) is 5.82 Å². The zero-order chi connectivity index (χ0) is 13.1. The largest absolute Gasteiger partial charge is 0.396 e. The Balaban J connectivity index is 2.39. The minimum atomic E-state index is -0.454. The molecule has 2 N–H and O–H groups in total. The quantitative estimate of drug-likeness (QED) is 0.845. The first kappa shape index (κ1) is 12.5. The SMILES string of the molecule is CCCC(C)n1nnnc1-c1ccc(N)c(F)c1. The van der Waals surface area contributed by atoms with Crippen molar-refractivity contribution in [1.29, 1.82) is 0 Å². The Morgan fingerprint density at radius 1 is 1.44 bits per heavy atom. The molecule has 96 valence electrons. The van der Waals surface area contributed by atoms with Crippen LogP contribution in [0.25, 0.3) is 11.4 Å². The fraction of sp³-hybridized carbons (Fsp3) is 0.417. The highest BCUT2D eigenvalue weighted by Crippen LogP contribution is 2.23. The van der Waals surface area contributed by atoms with E-state index in [1.54, 1.807) is 10.7 Å². The number of benzene rings is 1. The van der Waals surface area contributed by atoms with Gasteiger partial charge in [0, 0.05) is 5.56 Å². The maximum atomic E-state index is 13.4. The molecule has 5 nitrogen and oxygen atoms in total. The monoisotopic (exact) mass is 249 g/mol. The lowest BCUT2D eigenvalue weighted by Gasteiger charge is -2.12. The molecule has 0 radical (unpaired) electrons.